The molecule has 0 heterocycles. The number of halogens is 3. The SMILES string of the molecule is O=C(NCC#Cc1cccc(C(S)C2CCCCC2)c1)C(F)(F)F. The van der Waals surface area contributed by atoms with E-state index in [1.54, 1.807) is 11.4 Å². The fourth-order valence-corrected chi connectivity index (χ4v) is 3.35. The van der Waals surface area contributed by atoms with Crippen LogP contribution >= 0.6 is 12.6 Å². The number of thiol groups is 1. The monoisotopic (exact) mass is 355 g/mol. The van der Waals surface area contributed by atoms with Crippen LogP contribution in [0.2, 0.25) is 0 Å². The largest absolute Gasteiger partial charge is 0.471 e. The van der Waals surface area contributed by atoms with Crippen molar-refractivity contribution in [3.8, 4) is 11.8 Å². The molecule has 1 aromatic rings. The molecule has 1 fully saturated rings. The Balaban J connectivity index is 1.95. The average Bonchev–Trinajstić information content (AvgIpc) is 2.58. The second-order valence-electron chi connectivity index (χ2n) is 5.95. The molecule has 130 valence electrons. The number of carbonyl (C=O) groups is 1. The Morgan fingerprint density at radius 3 is 2.67 bits per heavy atom. The van der Waals surface area contributed by atoms with Crippen molar-refractivity contribution in [3.63, 3.8) is 0 Å². The molecule has 0 aliphatic heterocycles. The number of carbonyl (C=O) groups excluding carboxylic acids is 1. The molecular weight excluding hydrogens is 335 g/mol. The van der Waals surface area contributed by atoms with Crippen LogP contribution in [0.15, 0.2) is 24.3 Å². The Bertz CT molecular complexity index is 627. The summed E-state index contributed by atoms with van der Waals surface area (Å²) in [5.74, 6) is 3.91. The zero-order chi connectivity index (χ0) is 17.6. The van der Waals surface area contributed by atoms with Gasteiger partial charge in [0, 0.05) is 10.8 Å². The van der Waals surface area contributed by atoms with Crippen molar-refractivity contribution in [2.45, 2.75) is 43.5 Å². The molecule has 1 aliphatic carbocycles. The number of benzene rings is 1. The van der Waals surface area contributed by atoms with Gasteiger partial charge >= 0.3 is 12.1 Å². The lowest BCUT2D eigenvalue weighted by atomic mass is 9.84. The topological polar surface area (TPSA) is 29.1 Å². The number of amides is 1. The first-order valence-corrected chi connectivity index (χ1v) is 8.51. The summed E-state index contributed by atoms with van der Waals surface area (Å²) in [7, 11) is 0. The lowest BCUT2D eigenvalue weighted by molar-refractivity contribution is -0.173. The van der Waals surface area contributed by atoms with Crippen molar-refractivity contribution < 1.29 is 18.0 Å². The first-order chi connectivity index (χ1) is 11.4. The minimum atomic E-state index is -4.87. The number of rotatable bonds is 3. The average molecular weight is 355 g/mol. The Morgan fingerprint density at radius 1 is 1.29 bits per heavy atom. The molecule has 0 bridgehead atoms. The van der Waals surface area contributed by atoms with E-state index in [-0.39, 0.29) is 11.8 Å². The summed E-state index contributed by atoms with van der Waals surface area (Å²) in [6.45, 7) is -0.338. The zero-order valence-corrected chi connectivity index (χ0v) is 14.1. The fourth-order valence-electron chi connectivity index (χ4n) is 2.89. The van der Waals surface area contributed by atoms with Gasteiger partial charge in [0.05, 0.1) is 6.54 Å². The minimum Gasteiger partial charge on any atom is -0.337 e. The van der Waals surface area contributed by atoms with E-state index in [9.17, 15) is 18.0 Å². The predicted octanol–water partition coefficient (Wildman–Crippen LogP) is 4.27. The van der Waals surface area contributed by atoms with E-state index in [0.29, 0.717) is 11.5 Å². The minimum absolute atomic E-state index is 0.150. The lowest BCUT2D eigenvalue weighted by Gasteiger charge is -2.27. The molecule has 0 radical (unpaired) electrons. The normalized spacial score (nSPS) is 16.8. The molecule has 1 atom stereocenters. The summed E-state index contributed by atoms with van der Waals surface area (Å²) in [6, 6.07) is 7.59. The molecule has 24 heavy (non-hydrogen) atoms. The Kier molecular flexibility index (Phi) is 6.61. The highest BCUT2D eigenvalue weighted by Crippen LogP contribution is 2.38. The maximum absolute atomic E-state index is 12.0. The van der Waals surface area contributed by atoms with E-state index in [1.807, 2.05) is 18.2 Å². The van der Waals surface area contributed by atoms with Crippen LogP contribution in [0.1, 0.15) is 48.5 Å². The molecule has 1 unspecified atom stereocenters. The molecule has 0 aromatic heterocycles. The fraction of sp³-hybridized carbons (Fsp3) is 0.500. The molecule has 2 nitrogen and oxygen atoms in total. The van der Waals surface area contributed by atoms with Gasteiger partial charge in [0.2, 0.25) is 0 Å². The van der Waals surface area contributed by atoms with Crippen molar-refractivity contribution in [1.82, 2.24) is 5.32 Å². The van der Waals surface area contributed by atoms with Crippen molar-refractivity contribution in [1.29, 1.82) is 0 Å². The third kappa shape index (κ3) is 5.48. The zero-order valence-electron chi connectivity index (χ0n) is 13.2. The first-order valence-electron chi connectivity index (χ1n) is 8.00. The molecule has 1 amide bonds. The van der Waals surface area contributed by atoms with Gasteiger partial charge < -0.3 is 5.32 Å². The number of alkyl halides is 3. The van der Waals surface area contributed by atoms with E-state index in [1.165, 1.54) is 32.1 Å². The third-order valence-electron chi connectivity index (χ3n) is 4.15. The Hall–Kier alpha value is -1.61. The van der Waals surface area contributed by atoms with Crippen LogP contribution in [0, 0.1) is 17.8 Å². The standard InChI is InChI=1S/C18H20F3NOS/c19-18(20,21)17(23)22-11-5-7-13-6-4-10-15(12-13)16(24)14-8-2-1-3-9-14/h4,6,10,12,14,16,24H,1-3,8-9,11H2,(H,22,23). The second-order valence-corrected chi connectivity index (χ2v) is 6.51. The Morgan fingerprint density at radius 2 is 2.00 bits per heavy atom. The molecular formula is C18H20F3NOS. The van der Waals surface area contributed by atoms with Gasteiger partial charge in [-0.05, 0) is 36.5 Å². The van der Waals surface area contributed by atoms with Crippen molar-refractivity contribution in [2.75, 3.05) is 6.54 Å². The first kappa shape index (κ1) is 18.7. The summed E-state index contributed by atoms with van der Waals surface area (Å²) in [6.07, 6.45) is 1.23. The highest BCUT2D eigenvalue weighted by molar-refractivity contribution is 7.80. The summed E-state index contributed by atoms with van der Waals surface area (Å²) < 4.78 is 36.1. The van der Waals surface area contributed by atoms with Crippen LogP contribution in [0.4, 0.5) is 13.2 Å². The summed E-state index contributed by atoms with van der Waals surface area (Å²) in [5, 5.41) is 1.88. The van der Waals surface area contributed by atoms with E-state index >= 15 is 0 Å². The van der Waals surface area contributed by atoms with Crippen LogP contribution in [0.25, 0.3) is 0 Å². The van der Waals surface area contributed by atoms with Gasteiger partial charge in [-0.25, -0.2) is 0 Å². The summed E-state index contributed by atoms with van der Waals surface area (Å²) in [4.78, 5) is 10.7. The lowest BCUT2D eigenvalue weighted by Crippen LogP contribution is -2.36. The molecule has 1 saturated carbocycles. The van der Waals surface area contributed by atoms with Gasteiger partial charge in [-0.1, -0.05) is 43.2 Å². The van der Waals surface area contributed by atoms with Crippen LogP contribution in [0.3, 0.4) is 0 Å². The van der Waals surface area contributed by atoms with Crippen molar-refractivity contribution >= 4 is 18.5 Å². The highest BCUT2D eigenvalue weighted by Gasteiger charge is 2.38. The van der Waals surface area contributed by atoms with Crippen LogP contribution in [-0.2, 0) is 4.79 Å². The van der Waals surface area contributed by atoms with Gasteiger partial charge in [-0.2, -0.15) is 25.8 Å². The van der Waals surface area contributed by atoms with E-state index in [0.717, 1.165) is 5.56 Å². The van der Waals surface area contributed by atoms with Gasteiger partial charge in [-0.15, -0.1) is 0 Å². The van der Waals surface area contributed by atoms with Crippen molar-refractivity contribution in [2.24, 2.45) is 5.92 Å². The van der Waals surface area contributed by atoms with Crippen LogP contribution in [-0.4, -0.2) is 18.6 Å². The second kappa shape index (κ2) is 8.48. The van der Waals surface area contributed by atoms with Gasteiger partial charge in [0.1, 0.15) is 0 Å². The molecule has 6 heteroatoms. The van der Waals surface area contributed by atoms with Crippen LogP contribution < -0.4 is 5.32 Å². The van der Waals surface area contributed by atoms with E-state index < -0.39 is 12.1 Å². The highest BCUT2D eigenvalue weighted by atomic mass is 32.1. The maximum Gasteiger partial charge on any atom is 0.471 e. The Labute approximate surface area is 145 Å². The summed E-state index contributed by atoms with van der Waals surface area (Å²) in [5.41, 5.74) is 1.79. The number of hydrogen-bond acceptors (Lipinski definition) is 2. The van der Waals surface area contributed by atoms with Gasteiger partial charge in [0.25, 0.3) is 0 Å². The third-order valence-corrected chi connectivity index (χ3v) is 4.87. The smallest absolute Gasteiger partial charge is 0.337 e. The number of hydrogen-bond donors (Lipinski definition) is 2. The predicted molar refractivity (Wildman–Crippen MR) is 90.7 cm³/mol. The van der Waals surface area contributed by atoms with Gasteiger partial charge in [-0.3, -0.25) is 4.79 Å². The molecule has 1 aromatic carbocycles. The van der Waals surface area contributed by atoms with E-state index in [2.05, 4.69) is 11.8 Å². The van der Waals surface area contributed by atoms with Crippen molar-refractivity contribution in [3.05, 3.63) is 35.4 Å². The summed E-state index contributed by atoms with van der Waals surface area (Å²) >= 11 is 4.75. The quantitative estimate of drug-likeness (QED) is 0.615. The molecule has 0 saturated heterocycles. The molecule has 1 aliphatic rings. The maximum atomic E-state index is 12.0. The molecule has 0 spiro atoms. The van der Waals surface area contributed by atoms with E-state index in [4.69, 9.17) is 12.6 Å². The molecule has 2 rings (SSSR count). The van der Waals surface area contributed by atoms with Gasteiger partial charge in [0.15, 0.2) is 0 Å². The number of nitrogens with one attached hydrogen (secondary N) is 1. The van der Waals surface area contributed by atoms with Crippen LogP contribution in [0.5, 0.6) is 0 Å². The molecule has 1 N–H and O–H groups in total.